The molecule has 0 spiro atoms. The van der Waals surface area contributed by atoms with Crippen molar-refractivity contribution in [2.75, 3.05) is 19.7 Å². The minimum Gasteiger partial charge on any atom is -0.491 e. The molecule has 1 aliphatic heterocycles. The van der Waals surface area contributed by atoms with E-state index in [1.165, 1.54) is 10.6 Å². The average molecular weight is 448 g/mol. The van der Waals surface area contributed by atoms with Gasteiger partial charge in [-0.2, -0.15) is 0 Å². The highest BCUT2D eigenvalue weighted by Crippen LogP contribution is 2.66. The Morgan fingerprint density at radius 2 is 1.97 bits per heavy atom. The Bertz CT molecular complexity index is 1310. The number of hydrogen-bond acceptors (Lipinski definition) is 4. The molecule has 8 heteroatoms. The Hall–Kier alpha value is -3.42. The van der Waals surface area contributed by atoms with Crippen LogP contribution in [0.1, 0.15) is 41.0 Å². The number of fused-ring (bicyclic) bond motifs is 1. The van der Waals surface area contributed by atoms with E-state index in [2.05, 4.69) is 4.98 Å². The summed E-state index contributed by atoms with van der Waals surface area (Å²) in [5.41, 5.74) is 2.52. The number of carbonyl (C=O) groups is 1. The fraction of sp³-hybridized carbons (Fsp3) is 0.400. The molecule has 7 nitrogen and oxygen atoms in total. The number of amides is 1. The zero-order chi connectivity index (χ0) is 22.7. The number of rotatable bonds is 6. The predicted molar refractivity (Wildman–Crippen MR) is 119 cm³/mol. The highest BCUT2D eigenvalue weighted by Gasteiger charge is 2.58. The minimum atomic E-state index is -0.236. The van der Waals surface area contributed by atoms with E-state index in [0.29, 0.717) is 37.6 Å². The molecule has 0 saturated heterocycles. The molecular formula is C25H25FN4O3. The van der Waals surface area contributed by atoms with Gasteiger partial charge in [0.2, 0.25) is 0 Å². The number of carbonyl (C=O) groups excluding carboxylic acids is 1. The summed E-state index contributed by atoms with van der Waals surface area (Å²) in [6.45, 7) is 3.44. The number of imidazole rings is 1. The van der Waals surface area contributed by atoms with Gasteiger partial charge in [0, 0.05) is 24.8 Å². The van der Waals surface area contributed by atoms with Crippen molar-refractivity contribution >= 4 is 5.91 Å². The number of pyridine rings is 1. The second-order valence-corrected chi connectivity index (χ2v) is 9.52. The third kappa shape index (κ3) is 3.19. The standard InChI is InChI=1S/C25H25FN4O3/c1-16-14-29(15-27-16)20-3-4-21-23(31)28(6-7-30(21)24(20)32)8-9-33-22-5-2-18(26)10-19(22)25-11-17(12-25)13-25/h2-5,10,14-15,17H,6-9,11-13H2,1H3. The number of ether oxygens (including phenoxy) is 1. The van der Waals surface area contributed by atoms with Crippen LogP contribution in [-0.2, 0) is 12.0 Å². The van der Waals surface area contributed by atoms with E-state index >= 15 is 0 Å². The van der Waals surface area contributed by atoms with Gasteiger partial charge in [0.1, 0.15) is 29.6 Å². The fourth-order valence-electron chi connectivity index (χ4n) is 5.54. The molecule has 3 heterocycles. The summed E-state index contributed by atoms with van der Waals surface area (Å²) in [6.07, 6.45) is 6.73. The van der Waals surface area contributed by atoms with Crippen LogP contribution in [0.15, 0.2) is 47.7 Å². The molecule has 7 rings (SSSR count). The molecule has 0 unspecified atom stereocenters. The number of halogens is 1. The summed E-state index contributed by atoms with van der Waals surface area (Å²) < 4.78 is 23.1. The molecule has 4 aliphatic rings. The maximum Gasteiger partial charge on any atom is 0.275 e. The van der Waals surface area contributed by atoms with Crippen molar-refractivity contribution in [2.24, 2.45) is 5.92 Å². The predicted octanol–water partition coefficient (Wildman–Crippen LogP) is 3.07. The molecule has 3 saturated carbocycles. The lowest BCUT2D eigenvalue weighted by atomic mass is 9.42. The summed E-state index contributed by atoms with van der Waals surface area (Å²) in [7, 11) is 0. The molecule has 1 amide bonds. The van der Waals surface area contributed by atoms with Crippen LogP contribution in [0.3, 0.4) is 0 Å². The molecule has 0 N–H and O–H groups in total. The van der Waals surface area contributed by atoms with Crippen LogP contribution in [0.2, 0.25) is 0 Å². The lowest BCUT2D eigenvalue weighted by molar-refractivity contribution is -0.0296. The second kappa shape index (κ2) is 7.30. The Balaban J connectivity index is 1.16. The van der Waals surface area contributed by atoms with Crippen LogP contribution >= 0.6 is 0 Å². The van der Waals surface area contributed by atoms with Crippen LogP contribution in [0, 0.1) is 18.7 Å². The molecular weight excluding hydrogens is 423 g/mol. The largest absolute Gasteiger partial charge is 0.491 e. The highest BCUT2D eigenvalue weighted by atomic mass is 19.1. The van der Waals surface area contributed by atoms with E-state index in [1.807, 2.05) is 6.92 Å². The first-order valence-corrected chi connectivity index (χ1v) is 11.4. The monoisotopic (exact) mass is 448 g/mol. The quantitative estimate of drug-likeness (QED) is 0.581. The topological polar surface area (TPSA) is 69.4 Å². The van der Waals surface area contributed by atoms with Gasteiger partial charge >= 0.3 is 0 Å². The molecule has 0 atom stereocenters. The van der Waals surface area contributed by atoms with Crippen molar-refractivity contribution < 1.29 is 13.9 Å². The Morgan fingerprint density at radius 3 is 2.67 bits per heavy atom. The molecule has 3 aromatic rings. The minimum absolute atomic E-state index is 0.0919. The molecule has 3 aliphatic carbocycles. The average Bonchev–Trinajstić information content (AvgIpc) is 3.15. The van der Waals surface area contributed by atoms with Crippen molar-refractivity contribution in [1.29, 1.82) is 0 Å². The lowest BCUT2D eigenvalue weighted by Gasteiger charge is -2.62. The first-order chi connectivity index (χ1) is 15.9. The van der Waals surface area contributed by atoms with Gasteiger partial charge in [-0.25, -0.2) is 9.37 Å². The van der Waals surface area contributed by atoms with Gasteiger partial charge in [-0.05, 0) is 67.9 Å². The van der Waals surface area contributed by atoms with E-state index in [-0.39, 0.29) is 22.7 Å². The fourth-order valence-corrected chi connectivity index (χ4v) is 5.54. The van der Waals surface area contributed by atoms with Crippen molar-refractivity contribution in [1.82, 2.24) is 19.0 Å². The van der Waals surface area contributed by atoms with Crippen LogP contribution < -0.4 is 10.3 Å². The van der Waals surface area contributed by atoms with Gasteiger partial charge < -0.3 is 18.8 Å². The second-order valence-electron chi connectivity index (χ2n) is 9.52. The number of aryl methyl sites for hydroxylation is 1. The SMILES string of the molecule is Cc1cn(-c2ccc3n(c2=O)CCN(CCOc2ccc(F)cc2C24CC(C2)C4)C3=O)cn1. The van der Waals surface area contributed by atoms with Gasteiger partial charge in [-0.3, -0.25) is 9.59 Å². The molecule has 2 bridgehead atoms. The van der Waals surface area contributed by atoms with Gasteiger partial charge in [-0.1, -0.05) is 0 Å². The van der Waals surface area contributed by atoms with E-state index in [4.69, 9.17) is 4.74 Å². The Labute approximate surface area is 190 Å². The van der Waals surface area contributed by atoms with Crippen molar-refractivity contribution in [3.8, 4) is 11.4 Å². The lowest BCUT2D eigenvalue weighted by Crippen LogP contribution is -2.55. The molecule has 3 fully saturated rings. The summed E-state index contributed by atoms with van der Waals surface area (Å²) in [5.74, 6) is 1.08. The maximum absolute atomic E-state index is 13.9. The van der Waals surface area contributed by atoms with E-state index < -0.39 is 0 Å². The van der Waals surface area contributed by atoms with Crippen LogP contribution in [-0.4, -0.2) is 44.6 Å². The first kappa shape index (κ1) is 20.2. The van der Waals surface area contributed by atoms with Crippen LogP contribution in [0.5, 0.6) is 5.75 Å². The van der Waals surface area contributed by atoms with Gasteiger partial charge in [0.25, 0.3) is 11.5 Å². The third-order valence-electron chi connectivity index (χ3n) is 7.41. The van der Waals surface area contributed by atoms with Crippen LogP contribution in [0.25, 0.3) is 5.69 Å². The van der Waals surface area contributed by atoms with Crippen molar-refractivity contribution in [3.05, 3.63) is 76.0 Å². The third-order valence-corrected chi connectivity index (χ3v) is 7.41. The summed E-state index contributed by atoms with van der Waals surface area (Å²) in [4.78, 5) is 31.9. The highest BCUT2D eigenvalue weighted by molar-refractivity contribution is 5.93. The summed E-state index contributed by atoms with van der Waals surface area (Å²) in [6, 6.07) is 8.11. The molecule has 170 valence electrons. The normalized spacial score (nSPS) is 23.0. The molecule has 0 radical (unpaired) electrons. The van der Waals surface area contributed by atoms with E-state index in [1.54, 1.807) is 46.3 Å². The Morgan fingerprint density at radius 1 is 1.15 bits per heavy atom. The van der Waals surface area contributed by atoms with Crippen LogP contribution in [0.4, 0.5) is 4.39 Å². The molecule has 33 heavy (non-hydrogen) atoms. The smallest absolute Gasteiger partial charge is 0.275 e. The van der Waals surface area contributed by atoms with Gasteiger partial charge in [-0.15, -0.1) is 0 Å². The van der Waals surface area contributed by atoms with Gasteiger partial charge in [0.05, 0.1) is 18.6 Å². The van der Waals surface area contributed by atoms with Crippen molar-refractivity contribution in [2.45, 2.75) is 38.1 Å². The number of hydrogen-bond donors (Lipinski definition) is 0. The number of benzene rings is 1. The summed E-state index contributed by atoms with van der Waals surface area (Å²) in [5, 5.41) is 0. The maximum atomic E-state index is 13.9. The first-order valence-electron chi connectivity index (χ1n) is 11.4. The molecule has 1 aromatic carbocycles. The van der Waals surface area contributed by atoms with Crippen molar-refractivity contribution in [3.63, 3.8) is 0 Å². The molecule has 2 aromatic heterocycles. The summed E-state index contributed by atoms with van der Waals surface area (Å²) >= 11 is 0. The zero-order valence-corrected chi connectivity index (χ0v) is 18.5. The van der Waals surface area contributed by atoms with E-state index in [0.717, 1.165) is 42.2 Å². The number of aromatic nitrogens is 3. The van der Waals surface area contributed by atoms with E-state index in [9.17, 15) is 14.0 Å². The zero-order valence-electron chi connectivity index (χ0n) is 18.5. The Kier molecular flexibility index (Phi) is 4.47. The van der Waals surface area contributed by atoms with Gasteiger partial charge in [0.15, 0.2) is 0 Å². The number of nitrogens with zero attached hydrogens (tertiary/aromatic N) is 4.